The topological polar surface area (TPSA) is 105 Å². The minimum absolute atomic E-state index is 0.102. The molecule has 1 amide bonds. The summed E-state index contributed by atoms with van der Waals surface area (Å²) in [6.45, 7) is 0. The van der Waals surface area contributed by atoms with Gasteiger partial charge >= 0.3 is 0 Å². The molecule has 2 aromatic carbocycles. The fourth-order valence-corrected chi connectivity index (χ4v) is 2.13. The van der Waals surface area contributed by atoms with Crippen LogP contribution >= 0.6 is 0 Å². The third kappa shape index (κ3) is 2.34. The highest BCUT2D eigenvalue weighted by Crippen LogP contribution is 2.30. The van der Waals surface area contributed by atoms with Gasteiger partial charge in [0.05, 0.1) is 0 Å². The number of benzene rings is 2. The second-order valence-corrected chi connectivity index (χ2v) is 4.48. The van der Waals surface area contributed by atoms with Gasteiger partial charge in [-0.3, -0.25) is 4.79 Å². The fraction of sp³-hybridized carbons (Fsp3) is 0. The number of carbonyl (C=O) groups excluding carboxylic acids is 1. The molecule has 0 atom stereocenters. The van der Waals surface area contributed by atoms with Gasteiger partial charge in [0, 0.05) is 11.1 Å². The molecular formula is C15H12N4O2. The molecule has 0 spiro atoms. The summed E-state index contributed by atoms with van der Waals surface area (Å²) in [4.78, 5) is 11.3. The number of nitrogens with zero attached hydrogens (tertiary/aromatic N) is 2. The monoisotopic (exact) mass is 280 g/mol. The molecule has 0 fully saturated rings. The molecule has 0 aliphatic heterocycles. The number of hydrogen-bond donors (Lipinski definition) is 3. The van der Waals surface area contributed by atoms with E-state index in [1.165, 1.54) is 0 Å². The van der Waals surface area contributed by atoms with Gasteiger partial charge in [0.15, 0.2) is 5.69 Å². The van der Waals surface area contributed by atoms with Crippen LogP contribution < -0.4 is 5.73 Å². The van der Waals surface area contributed by atoms with Gasteiger partial charge in [0.25, 0.3) is 5.91 Å². The molecule has 1 aromatic heterocycles. The highest BCUT2D eigenvalue weighted by Gasteiger charge is 2.15. The Balaban J connectivity index is 2.00. The van der Waals surface area contributed by atoms with Gasteiger partial charge in [-0.2, -0.15) is 15.4 Å². The van der Waals surface area contributed by atoms with Crippen LogP contribution in [0.5, 0.6) is 5.75 Å². The maximum Gasteiger partial charge on any atom is 0.271 e. The number of primary amides is 1. The van der Waals surface area contributed by atoms with Gasteiger partial charge in [-0.05, 0) is 11.6 Å². The number of nitrogens with two attached hydrogens (primary N) is 1. The summed E-state index contributed by atoms with van der Waals surface area (Å²) in [6, 6.07) is 14.3. The molecule has 1 heterocycles. The number of phenols is 1. The predicted octanol–water partition coefficient (Wildman–Crippen LogP) is 1.94. The number of rotatable bonds is 3. The molecule has 6 heteroatoms. The van der Waals surface area contributed by atoms with Crippen LogP contribution in [0, 0.1) is 0 Å². The number of carbonyl (C=O) groups is 1. The Hall–Kier alpha value is -3.15. The molecule has 0 bridgehead atoms. The number of aromatic amines is 1. The smallest absolute Gasteiger partial charge is 0.271 e. The predicted molar refractivity (Wildman–Crippen MR) is 77.4 cm³/mol. The number of phenolic OH excluding ortho intramolecular Hbond substituents is 1. The molecular weight excluding hydrogens is 268 g/mol. The van der Waals surface area contributed by atoms with Gasteiger partial charge in [-0.25, -0.2) is 0 Å². The van der Waals surface area contributed by atoms with E-state index in [1.54, 1.807) is 24.3 Å². The Morgan fingerprint density at radius 2 is 1.67 bits per heavy atom. The number of hydrogen-bond acceptors (Lipinski definition) is 4. The highest BCUT2D eigenvalue weighted by molar-refractivity contribution is 5.96. The van der Waals surface area contributed by atoms with Crippen molar-refractivity contribution in [2.75, 3.05) is 0 Å². The largest absolute Gasteiger partial charge is 0.507 e. The van der Waals surface area contributed by atoms with Crippen LogP contribution in [0.1, 0.15) is 10.5 Å². The third-order valence-electron chi connectivity index (χ3n) is 3.15. The standard InChI is InChI=1S/C15H12N4O2/c16-15(21)14-13(17-19-18-14)10-7-5-9(6-8-10)11-3-1-2-4-12(11)20/h1-8,20H,(H2,16,21)(H,17,18,19). The van der Waals surface area contributed by atoms with Gasteiger partial charge < -0.3 is 10.8 Å². The van der Waals surface area contributed by atoms with Gasteiger partial charge in [0.2, 0.25) is 0 Å². The normalized spacial score (nSPS) is 10.5. The summed E-state index contributed by atoms with van der Waals surface area (Å²) in [5, 5.41) is 19.9. The second-order valence-electron chi connectivity index (χ2n) is 4.48. The van der Waals surface area contributed by atoms with Crippen molar-refractivity contribution in [3.05, 3.63) is 54.2 Å². The number of para-hydroxylation sites is 1. The maximum absolute atomic E-state index is 11.3. The Bertz CT molecular complexity index is 793. The maximum atomic E-state index is 11.3. The summed E-state index contributed by atoms with van der Waals surface area (Å²) in [6.07, 6.45) is 0. The Morgan fingerprint density at radius 1 is 1.00 bits per heavy atom. The van der Waals surface area contributed by atoms with Crippen molar-refractivity contribution in [1.82, 2.24) is 15.4 Å². The van der Waals surface area contributed by atoms with Gasteiger partial charge in [0.1, 0.15) is 11.4 Å². The van der Waals surface area contributed by atoms with Crippen LogP contribution in [0.3, 0.4) is 0 Å². The van der Waals surface area contributed by atoms with Crippen LogP contribution in [0.15, 0.2) is 48.5 Å². The SMILES string of the molecule is NC(=O)c1n[nH]nc1-c1ccc(-c2ccccc2O)cc1. The molecule has 6 nitrogen and oxygen atoms in total. The molecule has 3 rings (SSSR count). The zero-order valence-electron chi connectivity index (χ0n) is 10.9. The molecule has 3 aromatic rings. The molecule has 104 valence electrons. The summed E-state index contributed by atoms with van der Waals surface area (Å²) in [7, 11) is 0. The van der Waals surface area contributed by atoms with Crippen LogP contribution in [0.4, 0.5) is 0 Å². The quantitative estimate of drug-likeness (QED) is 0.681. The number of amides is 1. The van der Waals surface area contributed by atoms with E-state index >= 15 is 0 Å². The lowest BCUT2D eigenvalue weighted by Gasteiger charge is -2.05. The first-order valence-electron chi connectivity index (χ1n) is 6.26. The van der Waals surface area contributed by atoms with Crippen LogP contribution in [0.2, 0.25) is 0 Å². The van der Waals surface area contributed by atoms with Crippen LogP contribution in [0.25, 0.3) is 22.4 Å². The van der Waals surface area contributed by atoms with E-state index in [1.807, 2.05) is 24.3 Å². The number of aromatic hydroxyl groups is 1. The summed E-state index contributed by atoms with van der Waals surface area (Å²) >= 11 is 0. The van der Waals surface area contributed by atoms with Crippen molar-refractivity contribution in [3.8, 4) is 28.1 Å². The third-order valence-corrected chi connectivity index (χ3v) is 3.15. The molecule has 0 saturated carbocycles. The lowest BCUT2D eigenvalue weighted by molar-refractivity contribution is 0.0996. The summed E-state index contributed by atoms with van der Waals surface area (Å²) < 4.78 is 0. The molecule has 0 saturated heterocycles. The van der Waals surface area contributed by atoms with E-state index in [-0.39, 0.29) is 11.4 Å². The Kier molecular flexibility index (Phi) is 3.12. The Labute approximate surface area is 120 Å². The zero-order valence-corrected chi connectivity index (χ0v) is 10.9. The van der Waals surface area contributed by atoms with E-state index in [9.17, 15) is 9.90 Å². The van der Waals surface area contributed by atoms with E-state index < -0.39 is 5.91 Å². The number of nitrogens with one attached hydrogen (secondary N) is 1. The fourth-order valence-electron chi connectivity index (χ4n) is 2.13. The van der Waals surface area contributed by atoms with Crippen molar-refractivity contribution in [3.63, 3.8) is 0 Å². The van der Waals surface area contributed by atoms with E-state index in [2.05, 4.69) is 15.4 Å². The molecule has 4 N–H and O–H groups in total. The number of H-pyrrole nitrogens is 1. The first-order valence-corrected chi connectivity index (χ1v) is 6.26. The molecule has 21 heavy (non-hydrogen) atoms. The highest BCUT2D eigenvalue weighted by atomic mass is 16.3. The lowest BCUT2D eigenvalue weighted by Crippen LogP contribution is -2.12. The van der Waals surface area contributed by atoms with Gasteiger partial charge in [-0.1, -0.05) is 42.5 Å². The van der Waals surface area contributed by atoms with Crippen LogP contribution in [-0.2, 0) is 0 Å². The van der Waals surface area contributed by atoms with Crippen LogP contribution in [-0.4, -0.2) is 26.4 Å². The first-order chi connectivity index (χ1) is 10.2. The van der Waals surface area contributed by atoms with E-state index in [0.717, 1.165) is 16.7 Å². The first kappa shape index (κ1) is 12.9. The Morgan fingerprint density at radius 3 is 2.33 bits per heavy atom. The second kappa shape index (κ2) is 5.09. The van der Waals surface area contributed by atoms with Crippen molar-refractivity contribution < 1.29 is 9.90 Å². The molecule has 0 aliphatic carbocycles. The van der Waals surface area contributed by atoms with Crippen molar-refractivity contribution in [2.24, 2.45) is 5.73 Å². The van der Waals surface area contributed by atoms with Gasteiger partial charge in [-0.15, -0.1) is 0 Å². The molecule has 0 radical (unpaired) electrons. The molecule has 0 aliphatic rings. The zero-order chi connectivity index (χ0) is 14.8. The average Bonchev–Trinajstić information content (AvgIpc) is 2.98. The average molecular weight is 280 g/mol. The minimum atomic E-state index is -0.636. The summed E-state index contributed by atoms with van der Waals surface area (Å²) in [5.74, 6) is -0.423. The summed E-state index contributed by atoms with van der Waals surface area (Å²) in [5.41, 5.74) is 8.07. The molecule has 0 unspecified atom stereocenters. The van der Waals surface area contributed by atoms with Crippen molar-refractivity contribution in [1.29, 1.82) is 0 Å². The van der Waals surface area contributed by atoms with E-state index in [4.69, 9.17) is 5.73 Å². The van der Waals surface area contributed by atoms with E-state index in [0.29, 0.717) is 5.69 Å². The van der Waals surface area contributed by atoms with Crippen molar-refractivity contribution in [2.45, 2.75) is 0 Å². The van der Waals surface area contributed by atoms with Crippen molar-refractivity contribution >= 4 is 5.91 Å². The number of aromatic nitrogens is 3. The minimum Gasteiger partial charge on any atom is -0.507 e. The lowest BCUT2D eigenvalue weighted by atomic mass is 10.0.